The van der Waals surface area contributed by atoms with E-state index in [2.05, 4.69) is 11.7 Å². The number of hydrogen-bond acceptors (Lipinski definition) is 2. The quantitative estimate of drug-likeness (QED) is 0.502. The molecule has 0 amide bonds. The second kappa shape index (κ2) is 6.74. The lowest BCUT2D eigenvalue weighted by atomic mass is 10.2. The Morgan fingerprint density at radius 2 is 2.27 bits per heavy atom. The summed E-state index contributed by atoms with van der Waals surface area (Å²) < 4.78 is 4.50. The van der Waals surface area contributed by atoms with Crippen molar-refractivity contribution >= 4 is 28.6 Å². The standard InChI is InChI=1S/C7H12Cl2O2/c1-2-3-4-6(8)5-11-7(9)10/h6H,2-5H2,1H3. The van der Waals surface area contributed by atoms with Crippen LogP contribution >= 0.6 is 23.2 Å². The zero-order chi connectivity index (χ0) is 8.69. The molecule has 0 aliphatic carbocycles. The summed E-state index contributed by atoms with van der Waals surface area (Å²) in [7, 11) is 0. The van der Waals surface area contributed by atoms with E-state index in [1.165, 1.54) is 0 Å². The molecule has 1 atom stereocenters. The zero-order valence-corrected chi connectivity index (χ0v) is 7.99. The van der Waals surface area contributed by atoms with Crippen LogP contribution in [0.3, 0.4) is 0 Å². The third kappa shape index (κ3) is 7.95. The highest BCUT2D eigenvalue weighted by Crippen LogP contribution is 2.08. The first kappa shape index (κ1) is 11.1. The van der Waals surface area contributed by atoms with E-state index in [0.29, 0.717) is 0 Å². The number of ether oxygens (including phenoxy) is 1. The van der Waals surface area contributed by atoms with E-state index in [1.807, 2.05) is 0 Å². The third-order valence-corrected chi connectivity index (χ3v) is 1.70. The molecule has 0 saturated carbocycles. The van der Waals surface area contributed by atoms with Crippen molar-refractivity contribution in [3.05, 3.63) is 0 Å². The third-order valence-electron chi connectivity index (χ3n) is 1.25. The van der Waals surface area contributed by atoms with Crippen molar-refractivity contribution < 1.29 is 9.53 Å². The topological polar surface area (TPSA) is 26.3 Å². The lowest BCUT2D eigenvalue weighted by Gasteiger charge is -2.06. The fourth-order valence-electron chi connectivity index (χ4n) is 0.665. The van der Waals surface area contributed by atoms with Crippen molar-refractivity contribution in [2.75, 3.05) is 6.61 Å². The molecule has 0 heterocycles. The average molecular weight is 199 g/mol. The van der Waals surface area contributed by atoms with Gasteiger partial charge in [-0.2, -0.15) is 0 Å². The number of halogens is 2. The first-order valence-corrected chi connectivity index (χ1v) is 4.44. The summed E-state index contributed by atoms with van der Waals surface area (Å²) >= 11 is 10.7. The first-order chi connectivity index (χ1) is 5.16. The molecule has 0 aromatic carbocycles. The van der Waals surface area contributed by atoms with E-state index in [0.717, 1.165) is 19.3 Å². The monoisotopic (exact) mass is 198 g/mol. The Kier molecular flexibility index (Phi) is 6.77. The molecule has 0 bridgehead atoms. The van der Waals surface area contributed by atoms with Crippen molar-refractivity contribution in [3.8, 4) is 0 Å². The number of hydrogen-bond donors (Lipinski definition) is 0. The highest BCUT2D eigenvalue weighted by atomic mass is 35.5. The molecule has 0 aromatic heterocycles. The molecule has 0 N–H and O–H groups in total. The van der Waals surface area contributed by atoms with Gasteiger partial charge in [0.05, 0.1) is 5.38 Å². The Labute approximate surface area is 76.8 Å². The second-order valence-corrected chi connectivity index (χ2v) is 3.21. The molecule has 1 unspecified atom stereocenters. The van der Waals surface area contributed by atoms with Gasteiger partial charge < -0.3 is 4.74 Å². The van der Waals surface area contributed by atoms with Crippen molar-refractivity contribution in [1.29, 1.82) is 0 Å². The van der Waals surface area contributed by atoms with Gasteiger partial charge in [-0.3, -0.25) is 0 Å². The first-order valence-electron chi connectivity index (χ1n) is 3.63. The highest BCUT2D eigenvalue weighted by Gasteiger charge is 2.05. The maximum absolute atomic E-state index is 10.1. The van der Waals surface area contributed by atoms with Gasteiger partial charge in [-0.05, 0) is 6.42 Å². The van der Waals surface area contributed by atoms with Gasteiger partial charge in [0.2, 0.25) is 0 Å². The lowest BCUT2D eigenvalue weighted by Crippen LogP contribution is -2.09. The highest BCUT2D eigenvalue weighted by molar-refractivity contribution is 6.61. The maximum atomic E-state index is 10.1. The summed E-state index contributed by atoms with van der Waals surface area (Å²) in [4.78, 5) is 10.1. The molecule has 2 nitrogen and oxygen atoms in total. The minimum Gasteiger partial charge on any atom is -0.452 e. The van der Waals surface area contributed by atoms with Crippen molar-refractivity contribution in [2.24, 2.45) is 0 Å². The van der Waals surface area contributed by atoms with E-state index in [9.17, 15) is 4.79 Å². The van der Waals surface area contributed by atoms with Crippen molar-refractivity contribution in [2.45, 2.75) is 31.6 Å². The molecule has 11 heavy (non-hydrogen) atoms. The summed E-state index contributed by atoms with van der Waals surface area (Å²) in [5, 5.41) is -0.0994. The smallest absolute Gasteiger partial charge is 0.403 e. The van der Waals surface area contributed by atoms with Crippen LogP contribution in [0.2, 0.25) is 0 Å². The van der Waals surface area contributed by atoms with Crippen molar-refractivity contribution in [3.63, 3.8) is 0 Å². The van der Waals surface area contributed by atoms with E-state index < -0.39 is 5.43 Å². The zero-order valence-electron chi connectivity index (χ0n) is 6.48. The summed E-state index contributed by atoms with van der Waals surface area (Å²) in [6.45, 7) is 2.29. The summed E-state index contributed by atoms with van der Waals surface area (Å²) in [5.41, 5.74) is -0.785. The van der Waals surface area contributed by atoms with Crippen LogP contribution in [0.25, 0.3) is 0 Å². The predicted molar refractivity (Wildman–Crippen MR) is 46.4 cm³/mol. The molecule has 66 valence electrons. The van der Waals surface area contributed by atoms with Crippen LogP contribution in [0, 0.1) is 0 Å². The molecular formula is C7H12Cl2O2. The van der Waals surface area contributed by atoms with Crippen LogP contribution in [0.1, 0.15) is 26.2 Å². The Morgan fingerprint density at radius 3 is 2.73 bits per heavy atom. The number of unbranched alkanes of at least 4 members (excludes halogenated alkanes) is 1. The van der Waals surface area contributed by atoms with Crippen LogP contribution in [0.4, 0.5) is 4.79 Å². The Bertz CT molecular complexity index is 117. The van der Waals surface area contributed by atoms with Gasteiger partial charge in [0.25, 0.3) is 0 Å². The largest absolute Gasteiger partial charge is 0.452 e. The molecule has 0 aliphatic rings. The van der Waals surface area contributed by atoms with Gasteiger partial charge >= 0.3 is 5.43 Å². The maximum Gasteiger partial charge on any atom is 0.403 e. The predicted octanol–water partition coefficient (Wildman–Crippen LogP) is 3.16. The molecule has 0 aliphatic heterocycles. The molecule has 0 rings (SSSR count). The van der Waals surface area contributed by atoms with Gasteiger partial charge in [0, 0.05) is 11.6 Å². The van der Waals surface area contributed by atoms with Gasteiger partial charge in [0.15, 0.2) is 0 Å². The summed E-state index contributed by atoms with van der Waals surface area (Å²) in [6, 6.07) is 0. The summed E-state index contributed by atoms with van der Waals surface area (Å²) in [5.74, 6) is 0. The van der Waals surface area contributed by atoms with E-state index in [1.54, 1.807) is 0 Å². The second-order valence-electron chi connectivity index (χ2n) is 2.29. The molecular weight excluding hydrogens is 187 g/mol. The molecule has 4 heteroatoms. The average Bonchev–Trinajstić information content (AvgIpc) is 1.97. The normalized spacial score (nSPS) is 12.6. The molecule has 0 radical (unpaired) electrons. The summed E-state index contributed by atoms with van der Waals surface area (Å²) in [6.07, 6.45) is 3.01. The molecule has 0 aromatic rings. The van der Waals surface area contributed by atoms with E-state index in [4.69, 9.17) is 23.2 Å². The van der Waals surface area contributed by atoms with Crippen LogP contribution in [0.5, 0.6) is 0 Å². The van der Waals surface area contributed by atoms with Crippen LogP contribution in [-0.4, -0.2) is 17.4 Å². The van der Waals surface area contributed by atoms with Gasteiger partial charge in [0.1, 0.15) is 6.61 Å². The fraction of sp³-hybridized carbons (Fsp3) is 0.857. The van der Waals surface area contributed by atoms with Crippen LogP contribution in [0.15, 0.2) is 0 Å². The fourth-order valence-corrected chi connectivity index (χ4v) is 0.945. The number of rotatable bonds is 5. The number of alkyl halides is 1. The number of carbonyl (C=O) groups excluding carboxylic acids is 1. The lowest BCUT2D eigenvalue weighted by molar-refractivity contribution is 0.172. The Hall–Kier alpha value is 0.0500. The van der Waals surface area contributed by atoms with E-state index >= 15 is 0 Å². The number of carbonyl (C=O) groups is 1. The minimum absolute atomic E-state index is 0.0994. The van der Waals surface area contributed by atoms with Crippen molar-refractivity contribution in [1.82, 2.24) is 0 Å². The van der Waals surface area contributed by atoms with Crippen LogP contribution in [-0.2, 0) is 4.74 Å². The molecule has 0 saturated heterocycles. The SMILES string of the molecule is CCCCC(Cl)COC(=O)Cl. The van der Waals surface area contributed by atoms with Gasteiger partial charge in [-0.1, -0.05) is 19.8 Å². The Balaban J connectivity index is 3.22. The Morgan fingerprint density at radius 1 is 1.64 bits per heavy atom. The minimum atomic E-state index is -0.785. The molecule has 0 fully saturated rings. The molecule has 0 spiro atoms. The van der Waals surface area contributed by atoms with Crippen LogP contribution < -0.4 is 0 Å². The van der Waals surface area contributed by atoms with E-state index in [-0.39, 0.29) is 12.0 Å². The van der Waals surface area contributed by atoms with Gasteiger partial charge in [-0.15, -0.1) is 11.6 Å². The van der Waals surface area contributed by atoms with Gasteiger partial charge in [-0.25, -0.2) is 4.79 Å².